The van der Waals surface area contributed by atoms with Crippen LogP contribution >= 0.6 is 7.82 Å². The van der Waals surface area contributed by atoms with Gasteiger partial charge >= 0.3 is 25.7 Å². The van der Waals surface area contributed by atoms with Gasteiger partial charge in [-0.2, -0.15) is 0 Å². The zero-order valence-corrected chi connectivity index (χ0v) is 33.3. The number of epoxide rings is 1. The number of aliphatic carboxylic acids is 1. The summed E-state index contributed by atoms with van der Waals surface area (Å²) in [5, 5.41) is 8.87. The SMILES string of the molecule is CCCCC/C=C\CC1OC1CCCCCCCC(=O)O[C@H](COC(=O)CCCCCCCCCCCCCC)COP(=O)(O)OC[C@H](N)C(=O)O. The number of allylic oxidation sites excluding steroid dienone is 1. The van der Waals surface area contributed by atoms with Gasteiger partial charge in [-0.25, -0.2) is 4.57 Å². The van der Waals surface area contributed by atoms with Crippen molar-refractivity contribution in [2.45, 2.75) is 199 Å². The van der Waals surface area contributed by atoms with Crippen molar-refractivity contribution in [3.05, 3.63) is 12.2 Å². The molecule has 0 aliphatic carbocycles. The Balaban J connectivity index is 2.31. The molecule has 12 nitrogen and oxygen atoms in total. The summed E-state index contributed by atoms with van der Waals surface area (Å²) in [6.07, 6.45) is 30.1. The number of phosphoric acid groups is 1. The number of esters is 2. The molecule has 3 unspecified atom stereocenters. The summed E-state index contributed by atoms with van der Waals surface area (Å²) in [4.78, 5) is 45.9. The van der Waals surface area contributed by atoms with Gasteiger partial charge in [0.15, 0.2) is 6.10 Å². The number of rotatable bonds is 37. The highest BCUT2D eigenvalue weighted by atomic mass is 31.2. The number of carbonyl (C=O) groups is 3. The van der Waals surface area contributed by atoms with Crippen LogP contribution in [0.15, 0.2) is 12.2 Å². The second-order valence-electron chi connectivity index (χ2n) is 14.2. The van der Waals surface area contributed by atoms with E-state index in [0.29, 0.717) is 25.0 Å². The van der Waals surface area contributed by atoms with Crippen LogP contribution < -0.4 is 5.73 Å². The standard InChI is InChI=1S/C39H72NO11P/c1-3-5-7-9-11-12-13-14-15-16-20-24-28-37(41)47-30-33(31-48-52(45,46)49-32-34(40)39(43)44)50-38(42)29-25-21-17-19-23-27-36-35(51-36)26-22-18-10-8-6-4-2/h18,22,33-36H,3-17,19-21,23-32,40H2,1-2H3,(H,43,44)(H,45,46)/b22-18-/t33-,34+,35?,36?/m1/s1. The number of phosphoric ester groups is 1. The minimum atomic E-state index is -4.72. The number of carbonyl (C=O) groups excluding carboxylic acids is 2. The average molecular weight is 762 g/mol. The zero-order valence-electron chi connectivity index (χ0n) is 32.4. The largest absolute Gasteiger partial charge is 0.480 e. The normalized spacial score (nSPS) is 17.8. The zero-order chi connectivity index (χ0) is 38.3. The fraction of sp³-hybridized carbons (Fsp3) is 0.872. The molecule has 5 atom stereocenters. The first kappa shape index (κ1) is 48.2. The highest BCUT2D eigenvalue weighted by Crippen LogP contribution is 2.43. The molecule has 1 aliphatic rings. The van der Waals surface area contributed by atoms with E-state index in [1.807, 2.05) is 0 Å². The Morgan fingerprint density at radius 1 is 0.692 bits per heavy atom. The summed E-state index contributed by atoms with van der Waals surface area (Å²) in [6, 6.07) is -1.52. The van der Waals surface area contributed by atoms with Crippen molar-refractivity contribution in [1.29, 1.82) is 0 Å². The fourth-order valence-corrected chi connectivity index (χ4v) is 6.61. The number of unbranched alkanes of at least 4 members (excludes halogenated alkanes) is 18. The van der Waals surface area contributed by atoms with E-state index in [9.17, 15) is 23.8 Å². The summed E-state index contributed by atoms with van der Waals surface area (Å²) < 4.78 is 38.4. The summed E-state index contributed by atoms with van der Waals surface area (Å²) in [5.74, 6) is -2.40. The first-order valence-corrected chi connectivity index (χ1v) is 21.8. The average Bonchev–Trinajstić information content (AvgIpc) is 3.87. The molecule has 52 heavy (non-hydrogen) atoms. The fourth-order valence-electron chi connectivity index (χ4n) is 5.84. The van der Waals surface area contributed by atoms with Crippen molar-refractivity contribution >= 4 is 25.7 Å². The first-order chi connectivity index (χ1) is 25.1. The van der Waals surface area contributed by atoms with E-state index in [1.165, 1.54) is 70.6 Å². The van der Waals surface area contributed by atoms with Crippen molar-refractivity contribution in [1.82, 2.24) is 0 Å². The number of carboxylic acid groups (broad SMARTS) is 1. The van der Waals surface area contributed by atoms with Crippen LogP contribution in [0.3, 0.4) is 0 Å². The molecule has 304 valence electrons. The maximum absolute atomic E-state index is 12.6. The van der Waals surface area contributed by atoms with Crippen LogP contribution in [0.25, 0.3) is 0 Å². The molecule has 0 spiro atoms. The summed E-state index contributed by atoms with van der Waals surface area (Å²) in [7, 11) is -4.72. The molecular weight excluding hydrogens is 689 g/mol. The van der Waals surface area contributed by atoms with Crippen LogP contribution in [0.5, 0.6) is 0 Å². The van der Waals surface area contributed by atoms with E-state index in [4.69, 9.17) is 29.6 Å². The number of hydrogen-bond acceptors (Lipinski definition) is 10. The molecule has 1 fully saturated rings. The molecular formula is C39H72NO11P. The molecule has 0 bridgehead atoms. The lowest BCUT2D eigenvalue weighted by atomic mass is 10.0. The van der Waals surface area contributed by atoms with Crippen LogP contribution in [0, 0.1) is 0 Å². The van der Waals surface area contributed by atoms with E-state index < -0.39 is 51.1 Å². The van der Waals surface area contributed by atoms with Gasteiger partial charge in [0.25, 0.3) is 0 Å². The second kappa shape index (κ2) is 31.5. The van der Waals surface area contributed by atoms with Crippen molar-refractivity contribution in [2.75, 3.05) is 19.8 Å². The van der Waals surface area contributed by atoms with E-state index in [1.54, 1.807) is 0 Å². The van der Waals surface area contributed by atoms with Crippen molar-refractivity contribution in [2.24, 2.45) is 5.73 Å². The van der Waals surface area contributed by atoms with Crippen LogP contribution in [-0.4, -0.2) is 72.1 Å². The molecule has 13 heteroatoms. The number of hydrogen-bond donors (Lipinski definition) is 3. The minimum absolute atomic E-state index is 0.141. The molecule has 1 heterocycles. The Morgan fingerprint density at radius 3 is 1.81 bits per heavy atom. The van der Waals surface area contributed by atoms with Crippen LogP contribution in [0.1, 0.15) is 174 Å². The predicted molar refractivity (Wildman–Crippen MR) is 203 cm³/mol. The summed E-state index contributed by atoms with van der Waals surface area (Å²) in [6.45, 7) is 2.74. The number of nitrogens with two attached hydrogens (primary N) is 1. The monoisotopic (exact) mass is 761 g/mol. The smallest absolute Gasteiger partial charge is 0.472 e. The Kier molecular flexibility index (Phi) is 29.2. The van der Waals surface area contributed by atoms with E-state index in [-0.39, 0.29) is 19.4 Å². The third-order valence-corrected chi connectivity index (χ3v) is 10.1. The first-order valence-electron chi connectivity index (χ1n) is 20.3. The molecule has 0 aromatic carbocycles. The van der Waals surface area contributed by atoms with E-state index in [0.717, 1.165) is 64.2 Å². The maximum Gasteiger partial charge on any atom is 0.472 e. The third-order valence-electron chi connectivity index (χ3n) is 9.19. The molecule has 0 radical (unpaired) electrons. The molecule has 1 saturated heterocycles. The van der Waals surface area contributed by atoms with Gasteiger partial charge in [-0.3, -0.25) is 23.4 Å². The van der Waals surface area contributed by atoms with Crippen LogP contribution in [0.4, 0.5) is 0 Å². The molecule has 0 saturated carbocycles. The van der Waals surface area contributed by atoms with Crippen molar-refractivity contribution < 1.29 is 52.2 Å². The summed E-state index contributed by atoms with van der Waals surface area (Å²) in [5.41, 5.74) is 5.32. The molecule has 0 aromatic heterocycles. The van der Waals surface area contributed by atoms with Crippen LogP contribution in [0.2, 0.25) is 0 Å². The van der Waals surface area contributed by atoms with E-state index in [2.05, 4.69) is 30.5 Å². The minimum Gasteiger partial charge on any atom is -0.480 e. The molecule has 1 rings (SSSR count). The van der Waals surface area contributed by atoms with Gasteiger partial charge in [0.2, 0.25) is 0 Å². The molecule has 0 amide bonds. The van der Waals surface area contributed by atoms with Gasteiger partial charge in [0.05, 0.1) is 25.4 Å². The molecule has 1 aliphatic heterocycles. The highest BCUT2D eigenvalue weighted by molar-refractivity contribution is 7.47. The van der Waals surface area contributed by atoms with Gasteiger partial charge in [-0.1, -0.05) is 135 Å². The molecule has 0 aromatic rings. The van der Waals surface area contributed by atoms with Gasteiger partial charge in [-0.15, -0.1) is 0 Å². The van der Waals surface area contributed by atoms with E-state index >= 15 is 0 Å². The number of carboxylic acids is 1. The van der Waals surface area contributed by atoms with Gasteiger partial charge in [-0.05, 0) is 38.5 Å². The topological polar surface area (TPSA) is 184 Å². The quantitative estimate of drug-likeness (QED) is 0.0180. The lowest BCUT2D eigenvalue weighted by Crippen LogP contribution is -2.34. The van der Waals surface area contributed by atoms with Gasteiger partial charge in [0.1, 0.15) is 12.6 Å². The van der Waals surface area contributed by atoms with Crippen molar-refractivity contribution in [3.63, 3.8) is 0 Å². The predicted octanol–water partition coefficient (Wildman–Crippen LogP) is 9.10. The maximum atomic E-state index is 12.6. The van der Waals surface area contributed by atoms with Crippen LogP contribution in [-0.2, 0) is 42.2 Å². The van der Waals surface area contributed by atoms with Gasteiger partial charge < -0.3 is 29.9 Å². The molecule has 4 N–H and O–H groups in total. The third kappa shape index (κ3) is 28.7. The highest BCUT2D eigenvalue weighted by Gasteiger charge is 2.36. The second-order valence-corrected chi connectivity index (χ2v) is 15.6. The Morgan fingerprint density at radius 2 is 1.21 bits per heavy atom. The van der Waals surface area contributed by atoms with Crippen molar-refractivity contribution in [3.8, 4) is 0 Å². The summed E-state index contributed by atoms with van der Waals surface area (Å²) >= 11 is 0. The lowest BCUT2D eigenvalue weighted by molar-refractivity contribution is -0.161. The Hall–Kier alpha value is -1.82. The number of ether oxygens (including phenoxy) is 3. The Labute approximate surface area is 313 Å². The lowest BCUT2D eigenvalue weighted by Gasteiger charge is -2.20. The van der Waals surface area contributed by atoms with Gasteiger partial charge in [0, 0.05) is 12.8 Å². The Bertz CT molecular complexity index is 1010.